The number of hydrogen-bond acceptors (Lipinski definition) is 5. The van der Waals surface area contributed by atoms with E-state index < -0.39 is 11.9 Å². The predicted octanol–water partition coefficient (Wildman–Crippen LogP) is 1.91. The summed E-state index contributed by atoms with van der Waals surface area (Å²) in [7, 11) is 1.63. The van der Waals surface area contributed by atoms with Gasteiger partial charge in [-0.1, -0.05) is 6.92 Å². The van der Waals surface area contributed by atoms with Crippen LogP contribution in [0.5, 0.6) is 5.75 Å². The second-order valence-corrected chi connectivity index (χ2v) is 6.18. The molecule has 26 heavy (non-hydrogen) atoms. The van der Waals surface area contributed by atoms with Crippen molar-refractivity contribution in [3.8, 4) is 5.75 Å². The van der Waals surface area contributed by atoms with E-state index in [2.05, 4.69) is 17.1 Å². The van der Waals surface area contributed by atoms with Crippen LogP contribution in [-0.4, -0.2) is 59.7 Å². The zero-order valence-electron chi connectivity index (χ0n) is 15.1. The van der Waals surface area contributed by atoms with Gasteiger partial charge in [0.25, 0.3) is 0 Å². The van der Waals surface area contributed by atoms with E-state index in [4.69, 9.17) is 24.5 Å². The number of methoxy groups -OCH3 is 1. The summed E-state index contributed by atoms with van der Waals surface area (Å²) in [6.07, 6.45) is 3.12. The molecule has 0 aromatic heterocycles. The molecule has 1 amide bonds. The minimum Gasteiger partial charge on any atom is -0.497 e. The number of carboxylic acids is 2. The molecule has 0 saturated carbocycles. The first-order valence-corrected chi connectivity index (χ1v) is 8.44. The number of rotatable bonds is 5. The van der Waals surface area contributed by atoms with E-state index >= 15 is 0 Å². The van der Waals surface area contributed by atoms with Gasteiger partial charge in [0.2, 0.25) is 5.91 Å². The number of carboxylic acid groups (broad SMARTS) is 2. The summed E-state index contributed by atoms with van der Waals surface area (Å²) in [6.45, 7) is 5.38. The largest absolute Gasteiger partial charge is 0.497 e. The summed E-state index contributed by atoms with van der Waals surface area (Å²) >= 11 is 0. The van der Waals surface area contributed by atoms with Gasteiger partial charge in [-0.05, 0) is 49.6 Å². The average molecular weight is 366 g/mol. The molecule has 0 bridgehead atoms. The number of anilines is 1. The summed E-state index contributed by atoms with van der Waals surface area (Å²) in [5.41, 5.74) is 0.822. The first-order chi connectivity index (χ1) is 12.3. The summed E-state index contributed by atoms with van der Waals surface area (Å²) in [5, 5.41) is 17.7. The summed E-state index contributed by atoms with van der Waals surface area (Å²) in [5.74, 6) is -2.02. The lowest BCUT2D eigenvalue weighted by molar-refractivity contribution is -0.159. The molecule has 1 unspecified atom stereocenters. The van der Waals surface area contributed by atoms with Crippen molar-refractivity contribution in [3.05, 3.63) is 24.3 Å². The molecule has 144 valence electrons. The number of ether oxygens (including phenoxy) is 1. The van der Waals surface area contributed by atoms with E-state index in [1.807, 2.05) is 24.3 Å². The van der Waals surface area contributed by atoms with Crippen molar-refractivity contribution >= 4 is 23.5 Å². The lowest BCUT2D eigenvalue weighted by Gasteiger charge is -2.30. The maximum absolute atomic E-state index is 11.9. The summed E-state index contributed by atoms with van der Waals surface area (Å²) < 4.78 is 5.09. The van der Waals surface area contributed by atoms with Crippen LogP contribution < -0.4 is 10.1 Å². The fourth-order valence-corrected chi connectivity index (χ4v) is 2.65. The molecule has 0 aliphatic carbocycles. The van der Waals surface area contributed by atoms with Crippen molar-refractivity contribution in [1.82, 2.24) is 4.90 Å². The molecule has 8 nitrogen and oxygen atoms in total. The van der Waals surface area contributed by atoms with Crippen molar-refractivity contribution in [1.29, 1.82) is 0 Å². The summed E-state index contributed by atoms with van der Waals surface area (Å²) in [6, 6.07) is 7.42. The Hall–Kier alpha value is -2.61. The zero-order chi connectivity index (χ0) is 19.5. The van der Waals surface area contributed by atoms with Crippen LogP contribution in [0.15, 0.2) is 24.3 Å². The molecular formula is C18H26N2O6. The average Bonchev–Trinajstić information content (AvgIpc) is 2.61. The topological polar surface area (TPSA) is 116 Å². The number of benzene rings is 1. The quantitative estimate of drug-likeness (QED) is 0.682. The monoisotopic (exact) mass is 366 g/mol. The molecule has 1 aliphatic rings. The second-order valence-electron chi connectivity index (χ2n) is 6.18. The number of amides is 1. The van der Waals surface area contributed by atoms with Crippen molar-refractivity contribution in [3.63, 3.8) is 0 Å². The Morgan fingerprint density at radius 3 is 2.31 bits per heavy atom. The van der Waals surface area contributed by atoms with Crippen molar-refractivity contribution < 1.29 is 29.3 Å². The van der Waals surface area contributed by atoms with Crippen molar-refractivity contribution in [2.75, 3.05) is 32.1 Å². The normalized spacial score (nSPS) is 16.8. The Kier molecular flexibility index (Phi) is 9.14. The molecule has 1 aromatic carbocycles. The Balaban J connectivity index is 0.000000487. The number of aliphatic carboxylic acids is 2. The first-order valence-electron chi connectivity index (χ1n) is 8.44. The van der Waals surface area contributed by atoms with Crippen LogP contribution >= 0.6 is 0 Å². The molecule has 1 atom stereocenters. The fraction of sp³-hybridized carbons (Fsp3) is 0.500. The van der Waals surface area contributed by atoms with Crippen LogP contribution in [0.25, 0.3) is 0 Å². The van der Waals surface area contributed by atoms with Gasteiger partial charge in [-0.25, -0.2) is 9.59 Å². The molecule has 1 heterocycles. The maximum atomic E-state index is 11.9. The molecule has 1 aliphatic heterocycles. The van der Waals surface area contributed by atoms with Crippen molar-refractivity contribution in [2.45, 2.75) is 26.2 Å². The number of carbonyl (C=O) groups is 3. The second kappa shape index (κ2) is 11.1. The molecular weight excluding hydrogens is 340 g/mol. The third kappa shape index (κ3) is 8.48. The predicted molar refractivity (Wildman–Crippen MR) is 96.4 cm³/mol. The third-order valence-electron chi connectivity index (χ3n) is 3.95. The van der Waals surface area contributed by atoms with Gasteiger partial charge in [0.1, 0.15) is 5.75 Å². The minimum absolute atomic E-state index is 0.0772. The van der Waals surface area contributed by atoms with Gasteiger partial charge in [-0.3, -0.25) is 4.79 Å². The Labute approximate surface area is 152 Å². The van der Waals surface area contributed by atoms with Crippen LogP contribution in [-0.2, 0) is 14.4 Å². The molecule has 0 spiro atoms. The van der Waals surface area contributed by atoms with E-state index in [9.17, 15) is 4.79 Å². The van der Waals surface area contributed by atoms with E-state index in [0.717, 1.165) is 37.0 Å². The Bertz CT molecular complexity index is 590. The number of piperidine rings is 1. The van der Waals surface area contributed by atoms with Crippen LogP contribution in [0.3, 0.4) is 0 Å². The van der Waals surface area contributed by atoms with Gasteiger partial charge in [-0.2, -0.15) is 0 Å². The van der Waals surface area contributed by atoms with Crippen LogP contribution in [0, 0.1) is 5.92 Å². The highest BCUT2D eigenvalue weighted by Gasteiger charge is 2.16. The molecule has 1 fully saturated rings. The SMILES string of the molecule is COc1ccc(NC(=O)CCN2CCCC(C)C2)cc1.O=C(O)C(=O)O. The van der Waals surface area contributed by atoms with Crippen LogP contribution in [0.4, 0.5) is 5.69 Å². The van der Waals surface area contributed by atoms with E-state index in [-0.39, 0.29) is 5.91 Å². The maximum Gasteiger partial charge on any atom is 0.414 e. The van der Waals surface area contributed by atoms with Crippen molar-refractivity contribution in [2.24, 2.45) is 5.92 Å². The first kappa shape index (κ1) is 21.4. The Morgan fingerprint density at radius 1 is 1.19 bits per heavy atom. The highest BCUT2D eigenvalue weighted by molar-refractivity contribution is 6.27. The van der Waals surface area contributed by atoms with E-state index in [1.165, 1.54) is 12.8 Å². The lowest BCUT2D eigenvalue weighted by Crippen LogP contribution is -2.36. The standard InChI is InChI=1S/C16H24N2O2.C2H2O4/c1-13-4-3-10-18(12-13)11-9-16(19)17-14-5-7-15(20-2)8-6-14;3-1(4)2(5)6/h5-8,13H,3-4,9-12H2,1-2H3,(H,17,19);(H,3,4)(H,5,6). The zero-order valence-corrected chi connectivity index (χ0v) is 15.1. The van der Waals surface area contributed by atoms with Crippen LogP contribution in [0.2, 0.25) is 0 Å². The molecule has 2 rings (SSSR count). The number of nitrogens with one attached hydrogen (secondary N) is 1. The molecule has 3 N–H and O–H groups in total. The van der Waals surface area contributed by atoms with Gasteiger partial charge >= 0.3 is 11.9 Å². The summed E-state index contributed by atoms with van der Waals surface area (Å²) in [4.78, 5) is 32.5. The minimum atomic E-state index is -1.82. The van der Waals surface area contributed by atoms with E-state index in [1.54, 1.807) is 7.11 Å². The fourth-order valence-electron chi connectivity index (χ4n) is 2.65. The molecule has 0 radical (unpaired) electrons. The smallest absolute Gasteiger partial charge is 0.414 e. The molecule has 1 aromatic rings. The molecule has 1 saturated heterocycles. The number of likely N-dealkylation sites (tertiary alicyclic amines) is 1. The van der Waals surface area contributed by atoms with Gasteiger partial charge in [-0.15, -0.1) is 0 Å². The molecule has 8 heteroatoms. The van der Waals surface area contributed by atoms with Gasteiger partial charge in [0.05, 0.1) is 7.11 Å². The highest BCUT2D eigenvalue weighted by Crippen LogP contribution is 2.17. The van der Waals surface area contributed by atoms with E-state index in [0.29, 0.717) is 6.42 Å². The highest BCUT2D eigenvalue weighted by atomic mass is 16.5. The number of hydrogen-bond donors (Lipinski definition) is 3. The lowest BCUT2D eigenvalue weighted by atomic mass is 10.0. The van der Waals surface area contributed by atoms with Crippen LogP contribution in [0.1, 0.15) is 26.2 Å². The van der Waals surface area contributed by atoms with Gasteiger partial charge < -0.3 is 25.2 Å². The number of carbonyl (C=O) groups excluding carboxylic acids is 1. The third-order valence-corrected chi connectivity index (χ3v) is 3.95. The van der Waals surface area contributed by atoms with Gasteiger partial charge in [0.15, 0.2) is 0 Å². The van der Waals surface area contributed by atoms with Gasteiger partial charge in [0, 0.05) is 25.2 Å². The Morgan fingerprint density at radius 2 is 1.81 bits per heavy atom. The number of nitrogens with zero attached hydrogens (tertiary/aromatic N) is 1.